The van der Waals surface area contributed by atoms with Gasteiger partial charge < -0.3 is 16.2 Å². The first-order chi connectivity index (χ1) is 11.8. The van der Waals surface area contributed by atoms with Gasteiger partial charge in [-0.2, -0.15) is 0 Å². The van der Waals surface area contributed by atoms with Gasteiger partial charge >= 0.3 is 5.97 Å². The fourth-order valence-electron chi connectivity index (χ4n) is 3.27. The van der Waals surface area contributed by atoms with Crippen molar-refractivity contribution in [3.63, 3.8) is 0 Å². The summed E-state index contributed by atoms with van der Waals surface area (Å²) < 4.78 is 0. The normalized spacial score (nSPS) is 24.1. The lowest BCUT2D eigenvalue weighted by Gasteiger charge is -2.42. The third-order valence-electron chi connectivity index (χ3n) is 4.42. The van der Waals surface area contributed by atoms with Crippen molar-refractivity contribution in [2.75, 3.05) is 5.32 Å². The summed E-state index contributed by atoms with van der Waals surface area (Å²) in [6.45, 7) is 6.07. The van der Waals surface area contributed by atoms with Gasteiger partial charge in [0, 0.05) is 5.92 Å². The van der Waals surface area contributed by atoms with Crippen LogP contribution in [0.3, 0.4) is 0 Å². The van der Waals surface area contributed by atoms with Crippen LogP contribution in [0.5, 0.6) is 0 Å². The molecule has 0 saturated carbocycles. The number of nitrogens with two attached hydrogens (primary N) is 1. The van der Waals surface area contributed by atoms with Crippen LogP contribution >= 0.6 is 11.6 Å². The second kappa shape index (κ2) is 7.97. The van der Waals surface area contributed by atoms with Crippen LogP contribution < -0.4 is 11.1 Å². The molecule has 0 fully saturated rings. The Bertz CT molecular complexity index is 672. The van der Waals surface area contributed by atoms with Crippen molar-refractivity contribution in [2.24, 2.45) is 23.5 Å². The first-order valence-corrected chi connectivity index (χ1v) is 8.81. The van der Waals surface area contributed by atoms with Gasteiger partial charge in [0.05, 0.1) is 18.3 Å². The first kappa shape index (κ1) is 19.4. The van der Waals surface area contributed by atoms with Crippen LogP contribution in [0.1, 0.15) is 33.6 Å². The van der Waals surface area contributed by atoms with E-state index < -0.39 is 17.6 Å². The van der Waals surface area contributed by atoms with Gasteiger partial charge in [0.1, 0.15) is 16.6 Å². The van der Waals surface area contributed by atoms with E-state index in [9.17, 15) is 9.90 Å². The van der Waals surface area contributed by atoms with Crippen molar-refractivity contribution < 1.29 is 9.90 Å². The van der Waals surface area contributed by atoms with Gasteiger partial charge in [0.15, 0.2) is 0 Å². The Morgan fingerprint density at radius 3 is 2.68 bits per heavy atom. The third-order valence-corrected chi connectivity index (χ3v) is 4.62. The zero-order valence-corrected chi connectivity index (χ0v) is 15.5. The monoisotopic (exact) mass is 364 g/mol. The molecular formula is C18H25ClN4O2. The average molecular weight is 365 g/mol. The molecule has 0 amide bonds. The Kier molecular flexibility index (Phi) is 6.19. The van der Waals surface area contributed by atoms with Crippen molar-refractivity contribution in [1.29, 1.82) is 0 Å². The molecule has 25 heavy (non-hydrogen) atoms. The summed E-state index contributed by atoms with van der Waals surface area (Å²) in [5.41, 5.74) is 6.56. The number of nitrogens with one attached hydrogen (secondary N) is 1. The summed E-state index contributed by atoms with van der Waals surface area (Å²) in [5.74, 6) is -0.709. The average Bonchev–Trinajstić information content (AvgIpc) is 2.53. The lowest BCUT2D eigenvalue weighted by molar-refractivity contribution is -0.140. The van der Waals surface area contributed by atoms with E-state index in [1.807, 2.05) is 25.2 Å². The standard InChI is InChI=1S/C18H25ClN4O2/c1-4-12(17(24)25)13-6-5-7-18(20,14(13)8-11(2)3)23-16-10-21-15(19)9-22-16/h5-7,9-12,14H,4,8,20H2,1-3H3,(H,22,23)(H,24,25). The molecule has 4 N–H and O–H groups in total. The van der Waals surface area contributed by atoms with E-state index in [1.165, 1.54) is 12.4 Å². The number of rotatable bonds is 7. The van der Waals surface area contributed by atoms with Gasteiger partial charge in [-0.3, -0.25) is 4.79 Å². The molecule has 0 aromatic carbocycles. The number of nitrogens with zero attached hydrogens (tertiary/aromatic N) is 2. The number of carbonyl (C=O) groups is 1. The van der Waals surface area contributed by atoms with E-state index in [1.54, 1.807) is 0 Å². The van der Waals surface area contributed by atoms with E-state index in [2.05, 4.69) is 29.1 Å². The van der Waals surface area contributed by atoms with Crippen molar-refractivity contribution in [2.45, 2.75) is 39.3 Å². The molecule has 7 heteroatoms. The van der Waals surface area contributed by atoms with Crippen molar-refractivity contribution in [1.82, 2.24) is 9.97 Å². The van der Waals surface area contributed by atoms with E-state index in [4.69, 9.17) is 17.3 Å². The third kappa shape index (κ3) is 4.58. The first-order valence-electron chi connectivity index (χ1n) is 8.43. The molecule has 136 valence electrons. The van der Waals surface area contributed by atoms with Gasteiger partial charge in [0.25, 0.3) is 0 Å². The maximum absolute atomic E-state index is 11.7. The fourth-order valence-corrected chi connectivity index (χ4v) is 3.37. The van der Waals surface area contributed by atoms with Crippen LogP contribution in [-0.2, 0) is 4.79 Å². The lowest BCUT2D eigenvalue weighted by atomic mass is 9.72. The van der Waals surface area contributed by atoms with Crippen LogP contribution in [0.4, 0.5) is 5.82 Å². The van der Waals surface area contributed by atoms with Crippen molar-refractivity contribution in [3.8, 4) is 0 Å². The van der Waals surface area contributed by atoms with E-state index in [0.29, 0.717) is 23.3 Å². The zero-order valence-electron chi connectivity index (χ0n) is 14.7. The number of aliphatic carboxylic acids is 1. The minimum Gasteiger partial charge on any atom is -0.481 e. The van der Waals surface area contributed by atoms with Gasteiger partial charge in [-0.1, -0.05) is 44.5 Å². The Balaban J connectivity index is 2.38. The zero-order chi connectivity index (χ0) is 18.6. The molecule has 1 aliphatic rings. The van der Waals surface area contributed by atoms with E-state index in [-0.39, 0.29) is 5.92 Å². The largest absolute Gasteiger partial charge is 0.481 e. The molecule has 0 saturated heterocycles. The summed E-state index contributed by atoms with van der Waals surface area (Å²) in [6, 6.07) is 0. The number of halogens is 1. The highest BCUT2D eigenvalue weighted by molar-refractivity contribution is 6.29. The highest BCUT2D eigenvalue weighted by atomic mass is 35.5. The minimum atomic E-state index is -0.945. The fraction of sp³-hybridized carbons (Fsp3) is 0.500. The molecule has 2 rings (SSSR count). The molecule has 1 aromatic rings. The molecule has 3 atom stereocenters. The molecule has 0 spiro atoms. The lowest BCUT2D eigenvalue weighted by Crippen LogP contribution is -2.55. The topological polar surface area (TPSA) is 101 Å². The summed E-state index contributed by atoms with van der Waals surface area (Å²) in [4.78, 5) is 19.9. The van der Waals surface area contributed by atoms with Gasteiger partial charge in [-0.15, -0.1) is 0 Å². The highest BCUT2D eigenvalue weighted by Crippen LogP contribution is 2.38. The summed E-state index contributed by atoms with van der Waals surface area (Å²) in [6.07, 6.45) is 9.78. The Morgan fingerprint density at radius 2 is 2.16 bits per heavy atom. The van der Waals surface area contributed by atoms with Gasteiger partial charge in [0.2, 0.25) is 0 Å². The molecule has 1 aliphatic carbocycles. The van der Waals surface area contributed by atoms with Crippen molar-refractivity contribution >= 4 is 23.4 Å². The van der Waals surface area contributed by atoms with Crippen LogP contribution in [0.15, 0.2) is 36.2 Å². The number of aromatic nitrogens is 2. The van der Waals surface area contributed by atoms with Crippen LogP contribution in [-0.4, -0.2) is 26.7 Å². The molecule has 0 radical (unpaired) electrons. The highest BCUT2D eigenvalue weighted by Gasteiger charge is 2.41. The number of hydrogen-bond donors (Lipinski definition) is 3. The Morgan fingerprint density at radius 1 is 1.44 bits per heavy atom. The second-order valence-corrected chi connectivity index (χ2v) is 7.18. The van der Waals surface area contributed by atoms with Gasteiger partial charge in [-0.25, -0.2) is 9.97 Å². The van der Waals surface area contributed by atoms with Crippen LogP contribution in [0.25, 0.3) is 0 Å². The van der Waals surface area contributed by atoms with Gasteiger partial charge in [-0.05, 0) is 30.4 Å². The van der Waals surface area contributed by atoms with Crippen molar-refractivity contribution in [3.05, 3.63) is 41.3 Å². The SMILES string of the molecule is CCC(C(=O)O)C1=CC=CC(N)(Nc2cnc(Cl)cn2)C1CC(C)C. The van der Waals surface area contributed by atoms with E-state index in [0.717, 1.165) is 12.0 Å². The molecular weight excluding hydrogens is 340 g/mol. The predicted octanol–water partition coefficient (Wildman–Crippen LogP) is 3.47. The molecule has 3 unspecified atom stereocenters. The maximum atomic E-state index is 11.7. The second-order valence-electron chi connectivity index (χ2n) is 6.79. The Hall–Kier alpha value is -1.92. The molecule has 0 bridgehead atoms. The van der Waals surface area contributed by atoms with E-state index >= 15 is 0 Å². The number of carboxylic acids is 1. The Labute approximate surface area is 153 Å². The quantitative estimate of drug-likeness (QED) is 0.640. The minimum absolute atomic E-state index is 0.170. The number of carboxylic acid groups (broad SMARTS) is 1. The summed E-state index contributed by atoms with van der Waals surface area (Å²) in [5, 5.41) is 13.1. The molecule has 0 aliphatic heterocycles. The summed E-state index contributed by atoms with van der Waals surface area (Å²) >= 11 is 5.78. The predicted molar refractivity (Wildman–Crippen MR) is 99.2 cm³/mol. The number of allylic oxidation sites excluding steroid dienone is 2. The number of hydrogen-bond acceptors (Lipinski definition) is 5. The number of anilines is 1. The summed E-state index contributed by atoms with van der Waals surface area (Å²) in [7, 11) is 0. The smallest absolute Gasteiger partial charge is 0.310 e. The maximum Gasteiger partial charge on any atom is 0.310 e. The molecule has 1 heterocycles. The van der Waals surface area contributed by atoms with Crippen LogP contribution in [0.2, 0.25) is 5.15 Å². The molecule has 1 aromatic heterocycles. The van der Waals surface area contributed by atoms with Crippen LogP contribution in [0, 0.1) is 17.8 Å². The molecule has 6 nitrogen and oxygen atoms in total.